The summed E-state index contributed by atoms with van der Waals surface area (Å²) in [5, 5.41) is 4.35. The van der Waals surface area contributed by atoms with Crippen LogP contribution in [0.2, 0.25) is 0 Å². The van der Waals surface area contributed by atoms with Crippen LogP contribution in [0.1, 0.15) is 65.1 Å². The maximum atomic E-state index is 12.4. The van der Waals surface area contributed by atoms with E-state index in [-0.39, 0.29) is 11.7 Å². The first-order valence-corrected chi connectivity index (χ1v) is 9.81. The number of hydrogen-bond donors (Lipinski definition) is 1. The van der Waals surface area contributed by atoms with Gasteiger partial charge in [0.1, 0.15) is 0 Å². The van der Waals surface area contributed by atoms with Crippen LogP contribution < -0.4 is 5.43 Å². The first kappa shape index (κ1) is 16.2. The fourth-order valence-corrected chi connectivity index (χ4v) is 4.92. The molecule has 4 rings (SSSR count). The Morgan fingerprint density at radius 3 is 2.62 bits per heavy atom. The lowest BCUT2D eigenvalue weighted by Crippen LogP contribution is -2.36. The third kappa shape index (κ3) is 3.41. The van der Waals surface area contributed by atoms with Crippen LogP contribution in [0.5, 0.6) is 0 Å². The van der Waals surface area contributed by atoms with Crippen molar-refractivity contribution >= 4 is 23.0 Å². The van der Waals surface area contributed by atoms with Crippen molar-refractivity contribution in [2.45, 2.75) is 63.6 Å². The van der Waals surface area contributed by atoms with Crippen LogP contribution in [0, 0.1) is 0 Å². The minimum absolute atomic E-state index is 0.0748. The molecule has 1 amide bonds. The zero-order valence-corrected chi connectivity index (χ0v) is 14.8. The molecule has 6 heteroatoms. The second-order valence-corrected chi connectivity index (χ2v) is 7.98. The number of hydrogen-bond acceptors (Lipinski definition) is 5. The molecule has 2 aliphatic carbocycles. The van der Waals surface area contributed by atoms with E-state index in [2.05, 4.69) is 16.6 Å². The molecule has 1 aliphatic heterocycles. The van der Waals surface area contributed by atoms with Crippen molar-refractivity contribution in [2.75, 3.05) is 13.2 Å². The molecule has 0 unspecified atom stereocenters. The van der Waals surface area contributed by atoms with Crippen molar-refractivity contribution < 1.29 is 14.3 Å². The van der Waals surface area contributed by atoms with Crippen LogP contribution in [-0.2, 0) is 22.3 Å². The van der Waals surface area contributed by atoms with Crippen LogP contribution in [0.3, 0.4) is 0 Å². The maximum absolute atomic E-state index is 12.4. The Kier molecular flexibility index (Phi) is 4.70. The summed E-state index contributed by atoms with van der Waals surface area (Å²) in [4.78, 5) is 14.6. The quantitative estimate of drug-likeness (QED) is 0.658. The van der Waals surface area contributed by atoms with E-state index in [1.807, 2.05) is 0 Å². The van der Waals surface area contributed by atoms with Crippen molar-refractivity contribution in [1.29, 1.82) is 0 Å². The largest absolute Gasteiger partial charge is 0.348 e. The third-order valence-electron chi connectivity index (χ3n) is 5.19. The fourth-order valence-electron chi connectivity index (χ4n) is 3.78. The van der Waals surface area contributed by atoms with Crippen molar-refractivity contribution in [3.8, 4) is 0 Å². The lowest BCUT2D eigenvalue weighted by Gasteiger charge is -2.31. The van der Waals surface area contributed by atoms with Gasteiger partial charge < -0.3 is 9.47 Å². The van der Waals surface area contributed by atoms with E-state index in [0.29, 0.717) is 13.2 Å². The molecule has 1 N–H and O–H groups in total. The Morgan fingerprint density at radius 1 is 1.08 bits per heavy atom. The van der Waals surface area contributed by atoms with Crippen molar-refractivity contribution in [3.63, 3.8) is 0 Å². The molecule has 0 aromatic carbocycles. The molecular formula is C18H24N2O3S. The molecule has 0 bridgehead atoms. The summed E-state index contributed by atoms with van der Waals surface area (Å²) in [7, 11) is 0. The van der Waals surface area contributed by atoms with Crippen molar-refractivity contribution in [2.24, 2.45) is 5.10 Å². The predicted molar refractivity (Wildman–Crippen MR) is 93.6 cm³/mol. The Morgan fingerprint density at radius 2 is 1.83 bits per heavy atom. The molecule has 5 nitrogen and oxygen atoms in total. The lowest BCUT2D eigenvalue weighted by atomic mass is 9.92. The second kappa shape index (κ2) is 6.94. The van der Waals surface area contributed by atoms with Crippen LogP contribution in [0.4, 0.5) is 0 Å². The highest BCUT2D eigenvalue weighted by Crippen LogP contribution is 2.34. The monoisotopic (exact) mass is 348 g/mol. The number of hydrazone groups is 1. The minimum atomic E-state index is -0.381. The van der Waals surface area contributed by atoms with E-state index in [1.165, 1.54) is 29.7 Å². The molecule has 3 aliphatic rings. The molecule has 0 radical (unpaired) electrons. The molecule has 0 atom stereocenters. The number of carbonyl (C=O) groups is 1. The number of carbonyl (C=O) groups excluding carboxylic acids is 1. The number of thiophene rings is 1. The van der Waals surface area contributed by atoms with Gasteiger partial charge in [0.2, 0.25) is 0 Å². The summed E-state index contributed by atoms with van der Waals surface area (Å²) >= 11 is 1.64. The third-order valence-corrected chi connectivity index (χ3v) is 6.42. The number of ether oxygens (including phenoxy) is 2. The van der Waals surface area contributed by atoms with Gasteiger partial charge in [0.05, 0.1) is 18.1 Å². The average Bonchev–Trinajstić information content (AvgIpc) is 3.16. The van der Waals surface area contributed by atoms with Gasteiger partial charge in [-0.25, -0.2) is 5.43 Å². The summed E-state index contributed by atoms with van der Waals surface area (Å²) in [6.07, 6.45) is 9.29. The van der Waals surface area contributed by atoms with Crippen LogP contribution in [0.25, 0.3) is 0 Å². The number of nitrogens with one attached hydrogen (secondary N) is 1. The van der Waals surface area contributed by atoms with Crippen molar-refractivity contribution in [1.82, 2.24) is 5.43 Å². The smallest absolute Gasteiger partial charge is 0.281 e. The molecule has 2 heterocycles. The van der Waals surface area contributed by atoms with Gasteiger partial charge in [-0.2, -0.15) is 5.10 Å². The van der Waals surface area contributed by atoms with Crippen molar-refractivity contribution in [3.05, 3.63) is 21.4 Å². The SMILES string of the molecule is O=C(NN=C1CCC2(CC1)OCCO2)c1cc2c(s1)CCCCC2. The highest BCUT2D eigenvalue weighted by Gasteiger charge is 2.39. The van der Waals surface area contributed by atoms with Gasteiger partial charge in [-0.15, -0.1) is 11.3 Å². The van der Waals surface area contributed by atoms with E-state index in [9.17, 15) is 4.79 Å². The summed E-state index contributed by atoms with van der Waals surface area (Å²) in [6.45, 7) is 1.37. The summed E-state index contributed by atoms with van der Waals surface area (Å²) in [5.74, 6) is -0.455. The molecule has 2 fully saturated rings. The van der Waals surface area contributed by atoms with Crippen LogP contribution >= 0.6 is 11.3 Å². The maximum Gasteiger partial charge on any atom is 0.281 e. The molecule has 1 spiro atoms. The van der Waals surface area contributed by atoms with E-state index in [4.69, 9.17) is 9.47 Å². The topological polar surface area (TPSA) is 59.9 Å². The predicted octanol–water partition coefficient (Wildman–Crippen LogP) is 3.42. The molecule has 24 heavy (non-hydrogen) atoms. The number of amides is 1. The van der Waals surface area contributed by atoms with Gasteiger partial charge in [0.25, 0.3) is 5.91 Å². The minimum Gasteiger partial charge on any atom is -0.348 e. The number of rotatable bonds is 2. The van der Waals surface area contributed by atoms with Gasteiger partial charge in [-0.1, -0.05) is 6.42 Å². The Hall–Kier alpha value is -1.24. The summed E-state index contributed by atoms with van der Waals surface area (Å²) in [6, 6.07) is 2.07. The van der Waals surface area contributed by atoms with Crippen LogP contribution in [-0.4, -0.2) is 30.6 Å². The summed E-state index contributed by atoms with van der Waals surface area (Å²) in [5.41, 5.74) is 5.15. The molecular weight excluding hydrogens is 324 g/mol. The number of fused-ring (bicyclic) bond motifs is 1. The van der Waals surface area contributed by atoms with Gasteiger partial charge >= 0.3 is 0 Å². The normalized spacial score (nSPS) is 22.9. The zero-order valence-electron chi connectivity index (χ0n) is 13.9. The standard InChI is InChI=1S/C18H24N2O3S/c21-17(16-12-13-4-2-1-3-5-15(13)24-16)20-19-14-6-8-18(9-7-14)22-10-11-23-18/h12H,1-11H2,(H,20,21). The number of aryl methyl sites for hydroxylation is 2. The first-order chi connectivity index (χ1) is 11.7. The fraction of sp³-hybridized carbons (Fsp3) is 0.667. The van der Waals surface area contributed by atoms with E-state index >= 15 is 0 Å². The van der Waals surface area contributed by atoms with Gasteiger partial charge in [-0.3, -0.25) is 4.79 Å². The second-order valence-electron chi connectivity index (χ2n) is 6.85. The zero-order chi connectivity index (χ0) is 16.4. The average molecular weight is 348 g/mol. The van der Waals surface area contributed by atoms with E-state index in [1.54, 1.807) is 11.3 Å². The molecule has 1 saturated heterocycles. The molecule has 130 valence electrons. The van der Waals surface area contributed by atoms with Gasteiger partial charge in [0, 0.05) is 23.4 Å². The van der Waals surface area contributed by atoms with Gasteiger partial charge in [-0.05, 0) is 50.2 Å². The molecule has 1 aromatic heterocycles. The van der Waals surface area contributed by atoms with Crippen LogP contribution in [0.15, 0.2) is 11.2 Å². The van der Waals surface area contributed by atoms with E-state index < -0.39 is 0 Å². The molecule has 1 aromatic rings. The Bertz CT molecular complexity index is 611. The first-order valence-electron chi connectivity index (χ1n) is 8.99. The molecule has 1 saturated carbocycles. The Balaban J connectivity index is 1.35. The number of nitrogens with zero attached hydrogens (tertiary/aromatic N) is 1. The lowest BCUT2D eigenvalue weighted by molar-refractivity contribution is -0.167. The summed E-state index contributed by atoms with van der Waals surface area (Å²) < 4.78 is 11.4. The van der Waals surface area contributed by atoms with Gasteiger partial charge in [0.15, 0.2) is 5.79 Å². The highest BCUT2D eigenvalue weighted by molar-refractivity contribution is 7.14. The Labute approximate surface area is 146 Å². The highest BCUT2D eigenvalue weighted by atomic mass is 32.1. The van der Waals surface area contributed by atoms with E-state index in [0.717, 1.165) is 49.1 Å².